The van der Waals surface area contributed by atoms with Gasteiger partial charge in [-0.3, -0.25) is 14.6 Å². The topological polar surface area (TPSA) is 102 Å². The molecule has 2 amide bonds. The first kappa shape index (κ1) is 23.0. The van der Waals surface area contributed by atoms with Crippen molar-refractivity contribution in [2.75, 3.05) is 36.4 Å². The lowest BCUT2D eigenvalue weighted by atomic mass is 9.95. The Hall–Kier alpha value is -3.77. The highest BCUT2D eigenvalue weighted by Gasteiger charge is 2.30. The first-order valence-corrected chi connectivity index (χ1v) is 12.7. The Morgan fingerprint density at radius 2 is 1.89 bits per heavy atom. The number of rotatable bonds is 4. The number of nitrogens with zero attached hydrogens (tertiary/aromatic N) is 5. The number of hydrogen-bond donors (Lipinski definition) is 1. The highest BCUT2D eigenvalue weighted by Crippen LogP contribution is 2.39. The van der Waals surface area contributed by atoms with Crippen molar-refractivity contribution in [2.24, 2.45) is 0 Å². The van der Waals surface area contributed by atoms with E-state index >= 15 is 0 Å². The molecule has 0 saturated carbocycles. The molecule has 1 N–H and O–H groups in total. The van der Waals surface area contributed by atoms with Crippen LogP contribution >= 0.6 is 11.3 Å². The van der Waals surface area contributed by atoms with Crippen molar-refractivity contribution in [1.29, 1.82) is 5.26 Å². The van der Waals surface area contributed by atoms with Crippen LogP contribution in [-0.4, -0.2) is 52.9 Å². The Bertz CT molecular complexity index is 1280. The molecule has 35 heavy (non-hydrogen) atoms. The molecule has 1 aliphatic carbocycles. The standard InChI is InChI=1S/C26H26N6O2S/c27-16-18-6-4-11-29-23(18)31-12-5-13-32(15-14-31)26(34)22-20-8-1-2-9-21(20)35-25(22)30-24(33)19-7-3-10-28-17-19/h3-4,6-7,10-11,17H,1-2,5,8-9,12-15H2,(H,30,33). The maximum absolute atomic E-state index is 13.9. The smallest absolute Gasteiger partial charge is 0.257 e. The number of thiophene rings is 1. The van der Waals surface area contributed by atoms with Crippen LogP contribution in [0.2, 0.25) is 0 Å². The van der Waals surface area contributed by atoms with E-state index in [1.165, 1.54) is 22.4 Å². The molecule has 8 nitrogen and oxygen atoms in total. The summed E-state index contributed by atoms with van der Waals surface area (Å²) in [6.45, 7) is 2.47. The summed E-state index contributed by atoms with van der Waals surface area (Å²) in [5.74, 6) is 0.378. The molecule has 9 heteroatoms. The lowest BCUT2D eigenvalue weighted by molar-refractivity contribution is 0.0767. The molecule has 1 aliphatic heterocycles. The SMILES string of the molecule is N#Cc1cccnc1N1CCCN(C(=O)c2c(NC(=O)c3cccnc3)sc3c2CCCC3)CC1. The molecule has 0 aromatic carbocycles. The largest absolute Gasteiger partial charge is 0.354 e. The Balaban J connectivity index is 1.39. The summed E-state index contributed by atoms with van der Waals surface area (Å²) in [6.07, 6.45) is 9.56. The summed E-state index contributed by atoms with van der Waals surface area (Å²) >= 11 is 1.53. The molecule has 1 saturated heterocycles. The average molecular weight is 487 g/mol. The van der Waals surface area contributed by atoms with E-state index in [-0.39, 0.29) is 11.8 Å². The van der Waals surface area contributed by atoms with Crippen LogP contribution in [0.5, 0.6) is 0 Å². The number of carbonyl (C=O) groups is 2. The fraction of sp³-hybridized carbons (Fsp3) is 0.346. The third kappa shape index (κ3) is 4.75. The number of pyridine rings is 2. The predicted molar refractivity (Wildman–Crippen MR) is 135 cm³/mol. The van der Waals surface area contributed by atoms with Gasteiger partial charge in [0.1, 0.15) is 16.9 Å². The molecule has 0 unspecified atom stereocenters. The maximum atomic E-state index is 13.9. The van der Waals surface area contributed by atoms with E-state index in [0.29, 0.717) is 47.1 Å². The van der Waals surface area contributed by atoms with Crippen LogP contribution in [0.15, 0.2) is 42.9 Å². The van der Waals surface area contributed by atoms with Gasteiger partial charge in [0.2, 0.25) is 0 Å². The summed E-state index contributed by atoms with van der Waals surface area (Å²) in [6, 6.07) is 9.19. The maximum Gasteiger partial charge on any atom is 0.257 e. The molecule has 3 aromatic heterocycles. The van der Waals surface area contributed by atoms with Gasteiger partial charge < -0.3 is 15.1 Å². The van der Waals surface area contributed by atoms with Crippen LogP contribution in [0.1, 0.15) is 56.0 Å². The fourth-order valence-corrected chi connectivity index (χ4v) is 6.06. The minimum Gasteiger partial charge on any atom is -0.354 e. The second kappa shape index (κ2) is 10.2. The predicted octanol–water partition coefficient (Wildman–Crippen LogP) is 3.89. The molecular formula is C26H26N6O2S. The van der Waals surface area contributed by atoms with E-state index in [9.17, 15) is 14.9 Å². The van der Waals surface area contributed by atoms with Gasteiger partial charge in [-0.05, 0) is 61.9 Å². The Morgan fingerprint density at radius 1 is 1.03 bits per heavy atom. The van der Waals surface area contributed by atoms with Crippen LogP contribution in [-0.2, 0) is 12.8 Å². The number of carbonyl (C=O) groups excluding carboxylic acids is 2. The van der Waals surface area contributed by atoms with Crippen molar-refractivity contribution < 1.29 is 9.59 Å². The number of fused-ring (bicyclic) bond motifs is 1. The number of anilines is 2. The van der Waals surface area contributed by atoms with Gasteiger partial charge in [-0.1, -0.05) is 0 Å². The highest BCUT2D eigenvalue weighted by molar-refractivity contribution is 7.17. The van der Waals surface area contributed by atoms with E-state index in [0.717, 1.165) is 44.2 Å². The van der Waals surface area contributed by atoms with E-state index < -0.39 is 0 Å². The highest BCUT2D eigenvalue weighted by atomic mass is 32.1. The zero-order valence-electron chi connectivity index (χ0n) is 19.4. The number of amides is 2. The van der Waals surface area contributed by atoms with Gasteiger partial charge in [0.25, 0.3) is 11.8 Å². The van der Waals surface area contributed by atoms with Crippen molar-refractivity contribution >= 4 is 34.0 Å². The van der Waals surface area contributed by atoms with Gasteiger partial charge in [-0.25, -0.2) is 4.98 Å². The minimum atomic E-state index is -0.257. The molecule has 178 valence electrons. The number of nitrogens with one attached hydrogen (secondary N) is 1. The molecule has 3 aromatic rings. The molecule has 1 fully saturated rings. The number of aryl methyl sites for hydroxylation is 1. The molecular weight excluding hydrogens is 460 g/mol. The number of hydrogen-bond acceptors (Lipinski definition) is 7. The van der Waals surface area contributed by atoms with Gasteiger partial charge in [-0.2, -0.15) is 5.26 Å². The Labute approximate surface area is 208 Å². The van der Waals surface area contributed by atoms with Crippen molar-refractivity contribution in [2.45, 2.75) is 32.1 Å². The monoisotopic (exact) mass is 486 g/mol. The average Bonchev–Trinajstić information content (AvgIpc) is 3.08. The molecule has 0 atom stereocenters. The summed E-state index contributed by atoms with van der Waals surface area (Å²) in [5.41, 5.74) is 2.74. The summed E-state index contributed by atoms with van der Waals surface area (Å²) in [4.78, 5) is 40.4. The van der Waals surface area contributed by atoms with Crippen LogP contribution in [0.25, 0.3) is 0 Å². The van der Waals surface area contributed by atoms with E-state index in [4.69, 9.17) is 0 Å². The fourth-order valence-electron chi connectivity index (χ4n) is 4.78. The van der Waals surface area contributed by atoms with Crippen LogP contribution in [0.3, 0.4) is 0 Å². The lowest BCUT2D eigenvalue weighted by Gasteiger charge is -2.24. The summed E-state index contributed by atoms with van der Waals surface area (Å²) in [7, 11) is 0. The molecule has 0 radical (unpaired) electrons. The van der Waals surface area contributed by atoms with Crippen molar-refractivity contribution in [3.05, 3.63) is 70.0 Å². The van der Waals surface area contributed by atoms with Crippen molar-refractivity contribution in [3.8, 4) is 6.07 Å². The molecule has 0 bridgehead atoms. The first-order valence-electron chi connectivity index (χ1n) is 11.9. The third-order valence-corrected chi connectivity index (χ3v) is 7.73. The zero-order valence-corrected chi connectivity index (χ0v) is 20.2. The molecule has 2 aliphatic rings. The van der Waals surface area contributed by atoms with Gasteiger partial charge in [0.15, 0.2) is 0 Å². The van der Waals surface area contributed by atoms with Gasteiger partial charge in [0.05, 0.1) is 16.7 Å². The summed E-state index contributed by atoms with van der Waals surface area (Å²) in [5, 5.41) is 13.1. The van der Waals surface area contributed by atoms with Crippen LogP contribution in [0, 0.1) is 11.3 Å². The van der Waals surface area contributed by atoms with E-state index in [2.05, 4.69) is 26.3 Å². The minimum absolute atomic E-state index is 0.0331. The number of nitriles is 1. The second-order valence-electron chi connectivity index (χ2n) is 8.73. The van der Waals surface area contributed by atoms with E-state index in [1.54, 1.807) is 36.7 Å². The van der Waals surface area contributed by atoms with Crippen LogP contribution in [0.4, 0.5) is 10.8 Å². The third-order valence-electron chi connectivity index (χ3n) is 6.53. The Morgan fingerprint density at radius 3 is 2.71 bits per heavy atom. The zero-order chi connectivity index (χ0) is 24.2. The Kier molecular flexibility index (Phi) is 6.73. The van der Waals surface area contributed by atoms with Crippen LogP contribution < -0.4 is 10.2 Å². The summed E-state index contributed by atoms with van der Waals surface area (Å²) < 4.78 is 0. The van der Waals surface area contributed by atoms with Gasteiger partial charge >= 0.3 is 0 Å². The molecule has 0 spiro atoms. The second-order valence-corrected chi connectivity index (χ2v) is 9.84. The van der Waals surface area contributed by atoms with Gasteiger partial charge in [0, 0.05) is 49.6 Å². The quantitative estimate of drug-likeness (QED) is 0.600. The lowest BCUT2D eigenvalue weighted by Crippen LogP contribution is -2.36. The van der Waals surface area contributed by atoms with Gasteiger partial charge in [-0.15, -0.1) is 11.3 Å². The molecule has 4 heterocycles. The molecule has 5 rings (SSSR count). The number of aromatic nitrogens is 2. The van der Waals surface area contributed by atoms with Crippen molar-refractivity contribution in [1.82, 2.24) is 14.9 Å². The first-order chi connectivity index (χ1) is 17.2. The van der Waals surface area contributed by atoms with Crippen molar-refractivity contribution in [3.63, 3.8) is 0 Å². The van der Waals surface area contributed by atoms with E-state index in [1.807, 2.05) is 4.90 Å². The normalized spacial score (nSPS) is 15.6.